The standard InChI is InChI=1S/C41H25N3S/c1-2-11-25(12-3-1)39-40(43-24-23-42-39)37-28-15-5-4-14-27(28)36-31(37)21-22-33-38(36)30-16-6-8-18-32(30)44(33)34-19-10-17-29-26-13-7-9-20-35(26)45-41(29)34/h1-24,37H. The van der Waals surface area contributed by atoms with Crippen molar-refractivity contribution in [2.45, 2.75) is 5.92 Å². The van der Waals surface area contributed by atoms with Crippen molar-refractivity contribution in [1.29, 1.82) is 0 Å². The van der Waals surface area contributed by atoms with E-state index in [0.717, 1.165) is 17.0 Å². The van der Waals surface area contributed by atoms with Crippen molar-refractivity contribution in [1.82, 2.24) is 14.5 Å². The average Bonchev–Trinajstić information content (AvgIpc) is 3.76. The van der Waals surface area contributed by atoms with Crippen LogP contribution in [0.1, 0.15) is 22.7 Å². The van der Waals surface area contributed by atoms with Gasteiger partial charge in [-0.25, -0.2) is 0 Å². The molecule has 0 saturated heterocycles. The molecule has 10 rings (SSSR count). The molecule has 0 saturated carbocycles. The van der Waals surface area contributed by atoms with Crippen LogP contribution in [0.5, 0.6) is 0 Å². The van der Waals surface area contributed by atoms with Crippen LogP contribution in [-0.4, -0.2) is 14.5 Å². The van der Waals surface area contributed by atoms with Crippen LogP contribution in [0.4, 0.5) is 0 Å². The highest BCUT2D eigenvalue weighted by Crippen LogP contribution is 2.53. The minimum atomic E-state index is -0.0161. The zero-order valence-corrected chi connectivity index (χ0v) is 25.0. The molecule has 0 spiro atoms. The monoisotopic (exact) mass is 591 g/mol. The first-order valence-electron chi connectivity index (χ1n) is 15.3. The minimum absolute atomic E-state index is 0.0161. The number of hydrogen-bond donors (Lipinski definition) is 0. The molecule has 1 unspecified atom stereocenters. The molecule has 1 aliphatic rings. The van der Waals surface area contributed by atoms with Crippen molar-refractivity contribution in [3.63, 3.8) is 0 Å². The molecular weight excluding hydrogens is 567 g/mol. The molecule has 45 heavy (non-hydrogen) atoms. The van der Waals surface area contributed by atoms with Gasteiger partial charge in [0.05, 0.1) is 38.7 Å². The van der Waals surface area contributed by atoms with Gasteiger partial charge in [0.1, 0.15) is 0 Å². The van der Waals surface area contributed by atoms with Crippen LogP contribution < -0.4 is 0 Å². The summed E-state index contributed by atoms with van der Waals surface area (Å²) < 4.78 is 5.11. The maximum Gasteiger partial charge on any atom is 0.0927 e. The van der Waals surface area contributed by atoms with Crippen LogP contribution in [0.3, 0.4) is 0 Å². The Bertz CT molecular complexity index is 2610. The van der Waals surface area contributed by atoms with E-state index in [0.29, 0.717) is 0 Å². The lowest BCUT2D eigenvalue weighted by molar-refractivity contribution is 0.930. The summed E-state index contributed by atoms with van der Waals surface area (Å²) in [5.41, 5.74) is 11.8. The van der Waals surface area contributed by atoms with Gasteiger partial charge in [-0.05, 0) is 46.5 Å². The third kappa shape index (κ3) is 3.46. The largest absolute Gasteiger partial charge is 0.308 e. The molecule has 0 radical (unpaired) electrons. The second kappa shape index (κ2) is 9.46. The fourth-order valence-corrected chi connectivity index (χ4v) is 8.80. The topological polar surface area (TPSA) is 30.7 Å². The molecule has 0 fully saturated rings. The average molecular weight is 592 g/mol. The van der Waals surface area contributed by atoms with Gasteiger partial charge in [0.25, 0.3) is 0 Å². The fourth-order valence-electron chi connectivity index (χ4n) is 7.59. The highest BCUT2D eigenvalue weighted by atomic mass is 32.1. The first-order valence-corrected chi connectivity index (χ1v) is 16.1. The summed E-state index contributed by atoms with van der Waals surface area (Å²) in [6.45, 7) is 0. The number of para-hydroxylation sites is 1. The summed E-state index contributed by atoms with van der Waals surface area (Å²) in [7, 11) is 0. The highest BCUT2D eigenvalue weighted by molar-refractivity contribution is 7.26. The Morgan fingerprint density at radius 3 is 2.24 bits per heavy atom. The predicted molar refractivity (Wildman–Crippen MR) is 188 cm³/mol. The molecule has 3 aromatic heterocycles. The second-order valence-electron chi connectivity index (χ2n) is 11.7. The third-order valence-corrected chi connectivity index (χ3v) is 10.6. The molecule has 0 bridgehead atoms. The number of aromatic nitrogens is 3. The lowest BCUT2D eigenvalue weighted by atomic mass is 9.90. The molecular formula is C41H25N3S. The first-order chi connectivity index (χ1) is 22.4. The molecule has 0 amide bonds. The van der Waals surface area contributed by atoms with Gasteiger partial charge < -0.3 is 4.57 Å². The molecule has 3 nitrogen and oxygen atoms in total. The lowest BCUT2D eigenvalue weighted by Crippen LogP contribution is -2.06. The summed E-state index contributed by atoms with van der Waals surface area (Å²) in [5.74, 6) is -0.0161. The molecule has 0 aliphatic heterocycles. The van der Waals surface area contributed by atoms with E-state index in [1.165, 1.54) is 69.9 Å². The Balaban J connectivity index is 1.30. The van der Waals surface area contributed by atoms with Gasteiger partial charge in [0.2, 0.25) is 0 Å². The maximum absolute atomic E-state index is 5.02. The smallest absolute Gasteiger partial charge is 0.0927 e. The van der Waals surface area contributed by atoms with Crippen molar-refractivity contribution < 1.29 is 0 Å². The Morgan fingerprint density at radius 2 is 1.31 bits per heavy atom. The van der Waals surface area contributed by atoms with E-state index < -0.39 is 0 Å². The van der Waals surface area contributed by atoms with E-state index in [-0.39, 0.29) is 5.92 Å². The molecule has 210 valence electrons. The molecule has 9 aromatic rings. The van der Waals surface area contributed by atoms with E-state index in [9.17, 15) is 0 Å². The summed E-state index contributed by atoms with van der Waals surface area (Å²) >= 11 is 1.88. The van der Waals surface area contributed by atoms with Crippen LogP contribution in [0.15, 0.2) is 146 Å². The van der Waals surface area contributed by atoms with Crippen LogP contribution in [0.25, 0.3) is 70.0 Å². The minimum Gasteiger partial charge on any atom is -0.308 e. The van der Waals surface area contributed by atoms with Crippen LogP contribution in [0, 0.1) is 0 Å². The third-order valence-electron chi connectivity index (χ3n) is 9.39. The predicted octanol–water partition coefficient (Wildman–Crippen LogP) is 10.8. The Morgan fingerprint density at radius 1 is 0.556 bits per heavy atom. The van der Waals surface area contributed by atoms with E-state index >= 15 is 0 Å². The first kappa shape index (κ1) is 24.8. The van der Waals surface area contributed by atoms with E-state index in [2.05, 4.69) is 132 Å². The Labute approximate surface area is 263 Å². The number of nitrogens with zero attached hydrogens (tertiary/aromatic N) is 3. The molecule has 0 N–H and O–H groups in total. The maximum atomic E-state index is 5.02. The van der Waals surface area contributed by atoms with Crippen molar-refractivity contribution in [3.8, 4) is 28.1 Å². The van der Waals surface area contributed by atoms with E-state index in [1.807, 2.05) is 23.6 Å². The van der Waals surface area contributed by atoms with Gasteiger partial charge in [-0.3, -0.25) is 9.97 Å². The van der Waals surface area contributed by atoms with Crippen LogP contribution in [0.2, 0.25) is 0 Å². The van der Waals surface area contributed by atoms with Crippen molar-refractivity contribution in [2.75, 3.05) is 0 Å². The number of hydrogen-bond acceptors (Lipinski definition) is 3. The number of rotatable bonds is 3. The summed E-state index contributed by atoms with van der Waals surface area (Å²) in [5, 5.41) is 5.18. The molecule has 6 aromatic carbocycles. The molecule has 1 aliphatic carbocycles. The summed E-state index contributed by atoms with van der Waals surface area (Å²) in [4.78, 5) is 9.90. The van der Waals surface area contributed by atoms with Crippen molar-refractivity contribution in [2.24, 2.45) is 0 Å². The van der Waals surface area contributed by atoms with Crippen molar-refractivity contribution >= 4 is 53.3 Å². The van der Waals surface area contributed by atoms with Crippen LogP contribution in [-0.2, 0) is 0 Å². The summed E-state index contributed by atoms with van der Waals surface area (Å²) in [6, 6.07) is 48.3. The number of benzene rings is 6. The summed E-state index contributed by atoms with van der Waals surface area (Å²) in [6.07, 6.45) is 3.64. The van der Waals surface area contributed by atoms with Crippen LogP contribution >= 0.6 is 11.3 Å². The number of thiophene rings is 1. The van der Waals surface area contributed by atoms with E-state index in [1.54, 1.807) is 6.20 Å². The second-order valence-corrected chi connectivity index (χ2v) is 12.8. The fraction of sp³-hybridized carbons (Fsp3) is 0.0244. The van der Waals surface area contributed by atoms with Gasteiger partial charge in [-0.2, -0.15) is 0 Å². The van der Waals surface area contributed by atoms with E-state index in [4.69, 9.17) is 9.97 Å². The SMILES string of the molecule is c1ccc(-c2nccnc2C2c3ccccc3-c3c2ccc2c3c3ccccc3n2-c2cccc3c2sc2ccccc23)cc1. The van der Waals surface area contributed by atoms with Gasteiger partial charge in [0.15, 0.2) is 0 Å². The Hall–Kier alpha value is -5.58. The zero-order valence-electron chi connectivity index (χ0n) is 24.2. The van der Waals surface area contributed by atoms with Gasteiger partial charge in [0, 0.05) is 44.2 Å². The van der Waals surface area contributed by atoms with Gasteiger partial charge in [-0.1, -0.05) is 109 Å². The highest BCUT2D eigenvalue weighted by Gasteiger charge is 2.35. The normalized spacial score (nSPS) is 14.0. The number of fused-ring (bicyclic) bond motifs is 10. The van der Waals surface area contributed by atoms with Gasteiger partial charge >= 0.3 is 0 Å². The molecule has 4 heteroatoms. The lowest BCUT2D eigenvalue weighted by Gasteiger charge is -2.17. The van der Waals surface area contributed by atoms with Gasteiger partial charge in [-0.15, -0.1) is 11.3 Å². The van der Waals surface area contributed by atoms with Crippen molar-refractivity contribution in [3.05, 3.63) is 163 Å². The molecule has 3 heterocycles. The Kier molecular flexibility index (Phi) is 5.22. The molecule has 1 atom stereocenters. The zero-order chi connectivity index (χ0) is 29.5. The quantitative estimate of drug-likeness (QED) is 0.205.